The van der Waals surface area contributed by atoms with Gasteiger partial charge in [0.2, 0.25) is 0 Å². The van der Waals surface area contributed by atoms with E-state index >= 15 is 0 Å². The molecule has 3 aromatic carbocycles. The van der Waals surface area contributed by atoms with Crippen molar-refractivity contribution in [3.05, 3.63) is 83.9 Å². The summed E-state index contributed by atoms with van der Waals surface area (Å²) >= 11 is 0. The van der Waals surface area contributed by atoms with Gasteiger partial charge in [-0.3, -0.25) is 0 Å². The van der Waals surface area contributed by atoms with Crippen LogP contribution in [-0.4, -0.2) is 14.1 Å². The lowest BCUT2D eigenvalue weighted by Crippen LogP contribution is -2.07. The highest BCUT2D eigenvalue weighted by Crippen LogP contribution is 2.22. The Balaban J connectivity index is 1.64. The number of nitrogens with two attached hydrogens (primary N) is 1. The minimum Gasteiger partial charge on any atom is -0.399 e. The second-order valence-electron chi connectivity index (χ2n) is 6.20. The van der Waals surface area contributed by atoms with Gasteiger partial charge in [0.25, 0.3) is 0 Å². The second-order valence-corrected chi connectivity index (χ2v) is 6.20. The summed E-state index contributed by atoms with van der Waals surface area (Å²) in [7, 11) is 4.03. The summed E-state index contributed by atoms with van der Waals surface area (Å²) in [6, 6.07) is 24.1. The van der Waals surface area contributed by atoms with E-state index in [1.165, 1.54) is 11.1 Å². The molecule has 0 spiro atoms. The van der Waals surface area contributed by atoms with E-state index in [-0.39, 0.29) is 0 Å². The van der Waals surface area contributed by atoms with Gasteiger partial charge in [-0.05, 0) is 66.1 Å². The van der Waals surface area contributed by atoms with Crippen LogP contribution >= 0.6 is 0 Å². The zero-order chi connectivity index (χ0) is 17.6. The highest BCUT2D eigenvalue weighted by molar-refractivity contribution is 5.52. The van der Waals surface area contributed by atoms with E-state index in [0.717, 1.165) is 29.2 Å². The lowest BCUT2D eigenvalue weighted by Gasteiger charge is -2.11. The molecule has 0 fully saturated rings. The molecule has 0 aliphatic carbocycles. The predicted octanol–water partition coefficient (Wildman–Crippen LogP) is 5.34. The van der Waals surface area contributed by atoms with Gasteiger partial charge >= 0.3 is 0 Å². The van der Waals surface area contributed by atoms with Crippen molar-refractivity contribution in [2.45, 2.75) is 6.42 Å². The number of benzene rings is 3. The first-order valence-corrected chi connectivity index (χ1v) is 8.23. The third-order valence-corrected chi connectivity index (χ3v) is 3.97. The number of rotatable bonds is 5. The summed E-state index contributed by atoms with van der Waals surface area (Å²) < 4.78 is 0. The lowest BCUT2D eigenvalue weighted by molar-refractivity contribution is 1.13. The van der Waals surface area contributed by atoms with Gasteiger partial charge in [-0.1, -0.05) is 24.3 Å². The molecule has 4 heteroatoms. The molecule has 0 atom stereocenters. The van der Waals surface area contributed by atoms with Crippen molar-refractivity contribution in [3.63, 3.8) is 0 Å². The van der Waals surface area contributed by atoms with Gasteiger partial charge < -0.3 is 10.6 Å². The molecule has 126 valence electrons. The maximum Gasteiger partial charge on any atom is 0.0858 e. The fourth-order valence-corrected chi connectivity index (χ4v) is 2.48. The van der Waals surface area contributed by atoms with Crippen molar-refractivity contribution < 1.29 is 0 Å². The highest BCUT2D eigenvalue weighted by Gasteiger charge is 1.98. The molecule has 0 aliphatic heterocycles. The Labute approximate surface area is 148 Å². The molecule has 0 aromatic heterocycles. The van der Waals surface area contributed by atoms with Crippen LogP contribution in [0.15, 0.2) is 83.0 Å². The fourth-order valence-electron chi connectivity index (χ4n) is 2.48. The number of hydrogen-bond donors (Lipinski definition) is 1. The molecule has 0 amide bonds. The van der Waals surface area contributed by atoms with Crippen LogP contribution in [0.4, 0.5) is 22.7 Å². The number of anilines is 2. The van der Waals surface area contributed by atoms with Crippen LogP contribution in [0.1, 0.15) is 11.1 Å². The Morgan fingerprint density at radius 1 is 0.680 bits per heavy atom. The van der Waals surface area contributed by atoms with Gasteiger partial charge in [-0.2, -0.15) is 10.2 Å². The quantitative estimate of drug-likeness (QED) is 0.507. The first kappa shape index (κ1) is 16.7. The Morgan fingerprint density at radius 2 is 1.12 bits per heavy atom. The van der Waals surface area contributed by atoms with E-state index in [1.807, 2.05) is 62.6 Å². The Kier molecular flexibility index (Phi) is 5.09. The smallest absolute Gasteiger partial charge is 0.0858 e. The maximum absolute atomic E-state index is 5.72. The van der Waals surface area contributed by atoms with Crippen LogP contribution in [-0.2, 0) is 6.42 Å². The van der Waals surface area contributed by atoms with Crippen molar-refractivity contribution in [1.29, 1.82) is 0 Å². The molecule has 4 nitrogen and oxygen atoms in total. The molecule has 3 rings (SSSR count). The minimum absolute atomic E-state index is 0.790. The molecule has 2 N–H and O–H groups in total. The van der Waals surface area contributed by atoms with Crippen LogP contribution in [0.5, 0.6) is 0 Å². The molecule has 3 aromatic rings. The number of nitrogen functional groups attached to an aromatic ring is 1. The molecule has 0 bridgehead atoms. The summed E-state index contributed by atoms with van der Waals surface area (Å²) in [5.41, 5.74) is 11.8. The molecule has 0 saturated heterocycles. The van der Waals surface area contributed by atoms with E-state index < -0.39 is 0 Å². The molecule has 0 unspecified atom stereocenters. The zero-order valence-electron chi connectivity index (χ0n) is 14.6. The van der Waals surface area contributed by atoms with Gasteiger partial charge in [0, 0.05) is 25.5 Å². The lowest BCUT2D eigenvalue weighted by atomic mass is 10.0. The predicted molar refractivity (Wildman–Crippen MR) is 105 cm³/mol. The van der Waals surface area contributed by atoms with Crippen molar-refractivity contribution in [3.8, 4) is 0 Å². The average Bonchev–Trinajstić information content (AvgIpc) is 2.63. The minimum atomic E-state index is 0.790. The largest absolute Gasteiger partial charge is 0.399 e. The van der Waals surface area contributed by atoms with Crippen LogP contribution in [0.25, 0.3) is 0 Å². The molecule has 0 aliphatic rings. The molecular weight excluding hydrogens is 308 g/mol. The summed E-state index contributed by atoms with van der Waals surface area (Å²) in [4.78, 5) is 2.06. The van der Waals surface area contributed by atoms with Crippen LogP contribution in [0.3, 0.4) is 0 Å². The third kappa shape index (κ3) is 4.67. The first-order chi connectivity index (χ1) is 12.1. The van der Waals surface area contributed by atoms with Gasteiger partial charge in [0.1, 0.15) is 0 Å². The van der Waals surface area contributed by atoms with Gasteiger partial charge in [0.15, 0.2) is 0 Å². The van der Waals surface area contributed by atoms with Crippen molar-refractivity contribution >= 4 is 22.7 Å². The van der Waals surface area contributed by atoms with Crippen molar-refractivity contribution in [1.82, 2.24) is 0 Å². The van der Waals surface area contributed by atoms with Crippen molar-refractivity contribution in [2.75, 3.05) is 24.7 Å². The molecule has 0 saturated carbocycles. The van der Waals surface area contributed by atoms with E-state index in [0.29, 0.717) is 0 Å². The topological polar surface area (TPSA) is 54.0 Å². The second kappa shape index (κ2) is 7.62. The molecule has 25 heavy (non-hydrogen) atoms. The van der Waals surface area contributed by atoms with Crippen LogP contribution < -0.4 is 10.6 Å². The normalized spacial score (nSPS) is 11.0. The molecule has 0 radical (unpaired) electrons. The van der Waals surface area contributed by atoms with E-state index in [4.69, 9.17) is 5.73 Å². The highest BCUT2D eigenvalue weighted by atomic mass is 15.1. The van der Waals surface area contributed by atoms with Gasteiger partial charge in [-0.25, -0.2) is 0 Å². The maximum atomic E-state index is 5.72. The van der Waals surface area contributed by atoms with Gasteiger partial charge in [0.05, 0.1) is 11.4 Å². The Morgan fingerprint density at radius 3 is 1.60 bits per heavy atom. The zero-order valence-corrected chi connectivity index (χ0v) is 14.6. The van der Waals surface area contributed by atoms with E-state index in [1.54, 1.807) is 0 Å². The summed E-state index contributed by atoms with van der Waals surface area (Å²) in [5.74, 6) is 0. The fraction of sp³-hybridized carbons (Fsp3) is 0.143. The Bertz CT molecular complexity index is 833. The summed E-state index contributed by atoms with van der Waals surface area (Å²) in [5, 5.41) is 8.60. The SMILES string of the molecule is CN(C)c1ccc(N=Nc2ccc(Cc3ccc(N)cc3)cc2)cc1. The molecule has 0 heterocycles. The summed E-state index contributed by atoms with van der Waals surface area (Å²) in [6.45, 7) is 0. The van der Waals surface area contributed by atoms with E-state index in [9.17, 15) is 0 Å². The average molecular weight is 330 g/mol. The number of hydrogen-bond acceptors (Lipinski definition) is 4. The van der Waals surface area contributed by atoms with Crippen LogP contribution in [0.2, 0.25) is 0 Å². The number of azo groups is 1. The third-order valence-electron chi connectivity index (χ3n) is 3.97. The van der Waals surface area contributed by atoms with Gasteiger partial charge in [-0.15, -0.1) is 0 Å². The molecular formula is C21H22N4. The summed E-state index contributed by atoms with van der Waals surface area (Å²) in [6.07, 6.45) is 0.879. The monoisotopic (exact) mass is 330 g/mol. The standard InChI is InChI=1S/C21H22N4/c1-25(2)21-13-11-20(12-14-21)24-23-19-9-5-17(6-10-19)15-16-3-7-18(22)8-4-16/h3-14H,15,22H2,1-2H3. The Hall–Kier alpha value is -3.14. The van der Waals surface area contributed by atoms with Crippen LogP contribution in [0, 0.1) is 0 Å². The first-order valence-electron chi connectivity index (χ1n) is 8.23. The van der Waals surface area contributed by atoms with Crippen molar-refractivity contribution in [2.24, 2.45) is 10.2 Å². The van der Waals surface area contributed by atoms with E-state index in [2.05, 4.69) is 39.4 Å². The number of nitrogens with zero attached hydrogens (tertiary/aromatic N) is 3.